The summed E-state index contributed by atoms with van der Waals surface area (Å²) in [6, 6.07) is 7.77. The molecular weight excluding hydrogens is 362 g/mol. The monoisotopic (exact) mass is 387 g/mol. The molecule has 146 valence electrons. The van der Waals surface area contributed by atoms with Crippen molar-refractivity contribution in [3.8, 4) is 0 Å². The van der Waals surface area contributed by atoms with Gasteiger partial charge in [0.2, 0.25) is 0 Å². The molecule has 0 saturated heterocycles. The lowest BCUT2D eigenvalue weighted by Gasteiger charge is -2.07. The van der Waals surface area contributed by atoms with E-state index < -0.39 is 11.4 Å². The molecule has 0 bridgehead atoms. The van der Waals surface area contributed by atoms with E-state index in [-0.39, 0.29) is 13.2 Å². The van der Waals surface area contributed by atoms with Crippen molar-refractivity contribution < 1.29 is 26.8 Å². The van der Waals surface area contributed by atoms with Crippen LogP contribution in [0, 0.1) is 6.92 Å². The Hall–Kier alpha value is -1.52. The van der Waals surface area contributed by atoms with Gasteiger partial charge in [0.1, 0.15) is 0 Å². The van der Waals surface area contributed by atoms with Gasteiger partial charge in [-0.2, -0.15) is 4.21 Å². The maximum absolute atomic E-state index is 11.5. The second-order valence-electron chi connectivity index (χ2n) is 5.07. The van der Waals surface area contributed by atoms with E-state index in [1.54, 1.807) is 0 Å². The Labute approximate surface area is 156 Å². The first-order chi connectivity index (χ1) is 12.7. The number of azide groups is 1. The minimum Gasteiger partial charge on any atom is -0.379 e. The summed E-state index contributed by atoms with van der Waals surface area (Å²) in [6.07, 6.45) is 0. The molecular formula is C16H25N3O6S. The Kier molecular flexibility index (Phi) is 13.6. The van der Waals surface area contributed by atoms with Gasteiger partial charge in [0, 0.05) is 11.5 Å². The van der Waals surface area contributed by atoms with E-state index in [0.29, 0.717) is 46.2 Å². The largest absolute Gasteiger partial charge is 0.379 e. The van der Waals surface area contributed by atoms with Crippen LogP contribution in [0.1, 0.15) is 11.1 Å². The van der Waals surface area contributed by atoms with E-state index in [2.05, 4.69) is 10.0 Å². The molecule has 1 unspecified atom stereocenters. The molecule has 0 aliphatic rings. The highest BCUT2D eigenvalue weighted by Gasteiger charge is 2.02. The molecule has 0 aromatic heterocycles. The molecule has 1 atom stereocenters. The van der Waals surface area contributed by atoms with Gasteiger partial charge in [-0.15, -0.1) is 0 Å². The zero-order valence-corrected chi connectivity index (χ0v) is 15.7. The molecule has 0 N–H and O–H groups in total. The van der Waals surface area contributed by atoms with Crippen LogP contribution >= 0.6 is 0 Å². The van der Waals surface area contributed by atoms with E-state index in [0.717, 1.165) is 11.1 Å². The Balaban J connectivity index is 1.85. The minimum atomic E-state index is -1.80. The lowest BCUT2D eigenvalue weighted by molar-refractivity contribution is 0.0105. The second kappa shape index (κ2) is 15.7. The molecule has 0 saturated carbocycles. The van der Waals surface area contributed by atoms with Gasteiger partial charge in [-0.1, -0.05) is 34.9 Å². The van der Waals surface area contributed by atoms with E-state index in [4.69, 9.17) is 28.1 Å². The van der Waals surface area contributed by atoms with Crippen LogP contribution in [0.3, 0.4) is 0 Å². The average Bonchev–Trinajstić information content (AvgIpc) is 2.65. The van der Waals surface area contributed by atoms with Crippen molar-refractivity contribution in [2.24, 2.45) is 5.11 Å². The van der Waals surface area contributed by atoms with Gasteiger partial charge >= 0.3 is 11.4 Å². The van der Waals surface area contributed by atoms with E-state index in [9.17, 15) is 4.21 Å². The van der Waals surface area contributed by atoms with Crippen molar-refractivity contribution in [3.63, 3.8) is 0 Å². The first-order valence-corrected chi connectivity index (χ1v) is 9.20. The van der Waals surface area contributed by atoms with Crippen molar-refractivity contribution in [2.45, 2.75) is 13.5 Å². The van der Waals surface area contributed by atoms with Crippen LogP contribution in [0.5, 0.6) is 0 Å². The summed E-state index contributed by atoms with van der Waals surface area (Å²) in [5, 5.41) is 3.34. The van der Waals surface area contributed by atoms with E-state index in [1.165, 1.54) is 0 Å². The Morgan fingerprint density at radius 1 is 0.923 bits per heavy atom. The Morgan fingerprint density at radius 3 is 2.12 bits per heavy atom. The number of rotatable bonds is 16. The molecule has 0 radical (unpaired) electrons. The summed E-state index contributed by atoms with van der Waals surface area (Å²) >= 11 is -1.80. The topological polar surface area (TPSA) is 112 Å². The third-order valence-electron chi connectivity index (χ3n) is 2.99. The zero-order valence-electron chi connectivity index (χ0n) is 14.9. The van der Waals surface area contributed by atoms with Crippen molar-refractivity contribution in [3.05, 3.63) is 45.8 Å². The molecule has 1 rings (SSSR count). The standard InChI is InChI=1S/C16H25N3O6S/c1-15-2-4-16(5-3-15)14-25-26(20)24-13-12-23-11-10-22-9-8-21-7-6-18-19-17/h2-5H,6-14H2,1H3. The summed E-state index contributed by atoms with van der Waals surface area (Å²) in [5.41, 5.74) is 10.2. The number of ether oxygens (including phenoxy) is 3. The van der Waals surface area contributed by atoms with Crippen LogP contribution in [0.4, 0.5) is 0 Å². The molecule has 0 aliphatic carbocycles. The van der Waals surface area contributed by atoms with Crippen LogP contribution in [-0.4, -0.2) is 57.0 Å². The highest BCUT2D eigenvalue weighted by molar-refractivity contribution is 7.75. The molecule has 9 nitrogen and oxygen atoms in total. The van der Waals surface area contributed by atoms with Gasteiger partial charge in [-0.25, -0.2) is 0 Å². The van der Waals surface area contributed by atoms with Crippen LogP contribution < -0.4 is 0 Å². The highest BCUT2D eigenvalue weighted by Crippen LogP contribution is 2.05. The quantitative estimate of drug-likeness (QED) is 0.186. The molecule has 0 spiro atoms. The summed E-state index contributed by atoms with van der Waals surface area (Å²) in [7, 11) is 0. The normalized spacial score (nSPS) is 11.9. The number of hydrogen-bond donors (Lipinski definition) is 0. The maximum atomic E-state index is 11.5. The third kappa shape index (κ3) is 12.8. The van der Waals surface area contributed by atoms with E-state index in [1.807, 2.05) is 31.2 Å². The number of aryl methyl sites for hydroxylation is 1. The fraction of sp³-hybridized carbons (Fsp3) is 0.625. The molecule has 10 heteroatoms. The van der Waals surface area contributed by atoms with Crippen LogP contribution in [-0.2, 0) is 40.5 Å². The van der Waals surface area contributed by atoms with Crippen LogP contribution in [0.2, 0.25) is 0 Å². The van der Waals surface area contributed by atoms with Gasteiger partial charge in [0.15, 0.2) is 0 Å². The highest BCUT2D eigenvalue weighted by atomic mass is 32.2. The first kappa shape index (κ1) is 22.5. The lowest BCUT2D eigenvalue weighted by Crippen LogP contribution is -2.13. The molecule has 1 aromatic rings. The SMILES string of the molecule is Cc1ccc(COS(=O)OCCOCCOCCOCCN=[N+]=[N-])cc1. The van der Waals surface area contributed by atoms with Gasteiger partial charge < -0.3 is 14.2 Å². The number of hydrogen-bond acceptors (Lipinski definition) is 7. The van der Waals surface area contributed by atoms with Crippen molar-refractivity contribution in [1.82, 2.24) is 0 Å². The molecule has 0 heterocycles. The molecule has 26 heavy (non-hydrogen) atoms. The molecule has 0 fully saturated rings. The third-order valence-corrected chi connectivity index (χ3v) is 3.66. The van der Waals surface area contributed by atoms with E-state index >= 15 is 0 Å². The average molecular weight is 387 g/mol. The Bertz CT molecular complexity index is 551. The predicted molar refractivity (Wildman–Crippen MR) is 96.5 cm³/mol. The predicted octanol–water partition coefficient (Wildman–Crippen LogP) is 2.47. The minimum absolute atomic E-state index is 0.170. The zero-order chi connectivity index (χ0) is 18.9. The summed E-state index contributed by atoms with van der Waals surface area (Å²) in [4.78, 5) is 2.62. The van der Waals surface area contributed by atoms with Crippen molar-refractivity contribution >= 4 is 11.4 Å². The van der Waals surface area contributed by atoms with Gasteiger partial charge in [-0.3, -0.25) is 8.37 Å². The smallest absolute Gasteiger partial charge is 0.305 e. The lowest BCUT2D eigenvalue weighted by atomic mass is 10.2. The number of nitrogens with zero attached hydrogens (tertiary/aromatic N) is 3. The summed E-state index contributed by atoms with van der Waals surface area (Å²) in [6.45, 7) is 5.08. The molecule has 0 amide bonds. The van der Waals surface area contributed by atoms with Gasteiger partial charge in [0.05, 0.1) is 52.9 Å². The molecule has 0 aliphatic heterocycles. The van der Waals surface area contributed by atoms with Crippen molar-refractivity contribution in [2.75, 3.05) is 52.8 Å². The fourth-order valence-electron chi connectivity index (χ4n) is 1.69. The van der Waals surface area contributed by atoms with Crippen molar-refractivity contribution in [1.29, 1.82) is 0 Å². The second-order valence-corrected chi connectivity index (χ2v) is 5.95. The summed E-state index contributed by atoms with van der Waals surface area (Å²) < 4.78 is 37.4. The molecule has 1 aromatic carbocycles. The maximum Gasteiger partial charge on any atom is 0.305 e. The fourth-order valence-corrected chi connectivity index (χ4v) is 2.19. The first-order valence-electron chi connectivity index (χ1n) is 8.20. The van der Waals surface area contributed by atoms with Crippen LogP contribution in [0.25, 0.3) is 10.4 Å². The Morgan fingerprint density at radius 2 is 1.50 bits per heavy atom. The van der Waals surface area contributed by atoms with Gasteiger partial charge in [-0.05, 0) is 18.0 Å². The summed E-state index contributed by atoms with van der Waals surface area (Å²) in [5.74, 6) is 0. The number of benzene rings is 1. The van der Waals surface area contributed by atoms with Gasteiger partial charge in [0.25, 0.3) is 0 Å². The van der Waals surface area contributed by atoms with Crippen LogP contribution in [0.15, 0.2) is 29.4 Å².